The van der Waals surface area contributed by atoms with Crippen molar-refractivity contribution in [1.29, 1.82) is 0 Å². The molecule has 6 nitrogen and oxygen atoms in total. The summed E-state index contributed by atoms with van der Waals surface area (Å²) in [7, 11) is 1.98. The van der Waals surface area contributed by atoms with Crippen LogP contribution in [0.4, 0.5) is 0 Å². The van der Waals surface area contributed by atoms with Crippen LogP contribution in [0.2, 0.25) is 0 Å². The van der Waals surface area contributed by atoms with E-state index in [2.05, 4.69) is 52.0 Å². The van der Waals surface area contributed by atoms with E-state index in [4.69, 9.17) is 4.99 Å². The van der Waals surface area contributed by atoms with Gasteiger partial charge < -0.3 is 15.2 Å². The molecular formula is C22H35IN6. The molecule has 1 unspecified atom stereocenters. The van der Waals surface area contributed by atoms with E-state index < -0.39 is 0 Å². The third-order valence-corrected chi connectivity index (χ3v) is 5.77. The Kier molecular flexibility index (Phi) is 9.90. The zero-order chi connectivity index (χ0) is 19.8. The number of aryl methyl sites for hydroxylation is 1. The number of benzene rings is 1. The van der Waals surface area contributed by atoms with Gasteiger partial charge in [-0.05, 0) is 38.2 Å². The van der Waals surface area contributed by atoms with E-state index in [0.29, 0.717) is 6.54 Å². The maximum absolute atomic E-state index is 4.77. The van der Waals surface area contributed by atoms with Crippen molar-refractivity contribution in [1.82, 2.24) is 25.4 Å². The van der Waals surface area contributed by atoms with Crippen LogP contribution < -0.4 is 10.6 Å². The minimum Gasteiger partial charge on any atom is -0.356 e. The Morgan fingerprint density at radius 2 is 1.93 bits per heavy atom. The second-order valence-electron chi connectivity index (χ2n) is 7.88. The molecule has 1 aromatic carbocycles. The minimum atomic E-state index is 0. The lowest BCUT2D eigenvalue weighted by Gasteiger charge is -2.19. The van der Waals surface area contributed by atoms with Crippen LogP contribution in [0.25, 0.3) is 0 Å². The summed E-state index contributed by atoms with van der Waals surface area (Å²) in [5.41, 5.74) is 1.25. The lowest BCUT2D eigenvalue weighted by atomic mass is 10.0. The minimum absolute atomic E-state index is 0. The van der Waals surface area contributed by atoms with Gasteiger partial charge in [0.2, 0.25) is 0 Å². The van der Waals surface area contributed by atoms with Gasteiger partial charge in [0.15, 0.2) is 11.8 Å². The SMILES string of the molecule is Cc1nnc(CN=C(NCCCC2CCCC2)NC(C)c2ccccc2)n1C.I. The Hall–Kier alpha value is -1.64. The second-order valence-corrected chi connectivity index (χ2v) is 7.88. The first-order chi connectivity index (χ1) is 13.6. The molecule has 0 radical (unpaired) electrons. The number of nitrogens with one attached hydrogen (secondary N) is 2. The third kappa shape index (κ3) is 7.28. The van der Waals surface area contributed by atoms with Gasteiger partial charge in [0.25, 0.3) is 0 Å². The Balaban J connectivity index is 0.00000300. The summed E-state index contributed by atoms with van der Waals surface area (Å²) in [5.74, 6) is 3.54. The molecule has 0 spiro atoms. The summed E-state index contributed by atoms with van der Waals surface area (Å²) in [6.45, 7) is 5.58. The van der Waals surface area contributed by atoms with Gasteiger partial charge in [-0.15, -0.1) is 34.2 Å². The largest absolute Gasteiger partial charge is 0.356 e. The van der Waals surface area contributed by atoms with Gasteiger partial charge in [-0.3, -0.25) is 0 Å². The maximum atomic E-state index is 4.77. The average molecular weight is 510 g/mol. The maximum Gasteiger partial charge on any atom is 0.192 e. The van der Waals surface area contributed by atoms with E-state index in [1.807, 2.05) is 24.6 Å². The van der Waals surface area contributed by atoms with E-state index in [-0.39, 0.29) is 30.0 Å². The van der Waals surface area contributed by atoms with Crippen LogP contribution in [0.1, 0.15) is 68.7 Å². The molecule has 3 rings (SSSR count). The predicted molar refractivity (Wildman–Crippen MR) is 129 cm³/mol. The zero-order valence-corrected chi connectivity index (χ0v) is 20.2. The molecule has 1 aliphatic rings. The highest BCUT2D eigenvalue weighted by Gasteiger charge is 2.14. The molecule has 1 saturated carbocycles. The zero-order valence-electron chi connectivity index (χ0n) is 17.9. The number of rotatable bonds is 8. The van der Waals surface area contributed by atoms with E-state index in [1.54, 1.807) is 0 Å². The molecule has 1 fully saturated rings. The van der Waals surface area contributed by atoms with Crippen LogP contribution in [0.5, 0.6) is 0 Å². The monoisotopic (exact) mass is 510 g/mol. The van der Waals surface area contributed by atoms with Gasteiger partial charge in [0, 0.05) is 13.6 Å². The second kappa shape index (κ2) is 12.1. The van der Waals surface area contributed by atoms with Crippen molar-refractivity contribution in [3.05, 3.63) is 47.5 Å². The summed E-state index contributed by atoms with van der Waals surface area (Å²) < 4.78 is 1.99. The van der Waals surface area contributed by atoms with Crippen molar-refractivity contribution in [2.75, 3.05) is 6.54 Å². The van der Waals surface area contributed by atoms with Crippen LogP contribution in [-0.2, 0) is 13.6 Å². The van der Waals surface area contributed by atoms with Crippen LogP contribution in [0.3, 0.4) is 0 Å². The molecule has 0 bridgehead atoms. The van der Waals surface area contributed by atoms with Crippen molar-refractivity contribution in [3.8, 4) is 0 Å². The first kappa shape index (κ1) is 23.6. The van der Waals surface area contributed by atoms with Gasteiger partial charge in [0.05, 0.1) is 6.04 Å². The van der Waals surface area contributed by atoms with Crippen molar-refractivity contribution in [3.63, 3.8) is 0 Å². The third-order valence-electron chi connectivity index (χ3n) is 5.77. The van der Waals surface area contributed by atoms with Crippen LogP contribution in [-0.4, -0.2) is 27.3 Å². The van der Waals surface area contributed by atoms with Crippen molar-refractivity contribution >= 4 is 29.9 Å². The molecule has 7 heteroatoms. The number of aliphatic imine (C=N–C) groups is 1. The first-order valence-corrected chi connectivity index (χ1v) is 10.6. The fraction of sp³-hybridized carbons (Fsp3) is 0.591. The Labute approximate surface area is 192 Å². The molecule has 0 amide bonds. The molecule has 1 atom stereocenters. The molecule has 0 aliphatic heterocycles. The quantitative estimate of drug-likeness (QED) is 0.238. The number of guanidine groups is 1. The Morgan fingerprint density at radius 1 is 1.21 bits per heavy atom. The van der Waals surface area contributed by atoms with E-state index in [9.17, 15) is 0 Å². The van der Waals surface area contributed by atoms with Crippen LogP contribution >= 0.6 is 24.0 Å². The smallest absolute Gasteiger partial charge is 0.192 e. The standard InChI is InChI=1S/C22H34N6.HI/c1-17(20-13-5-4-6-14-20)25-22(23-15-9-12-19-10-7-8-11-19)24-16-21-27-26-18(2)28(21)3;/h4-6,13-14,17,19H,7-12,15-16H2,1-3H3,(H2,23,24,25);1H. The summed E-state index contributed by atoms with van der Waals surface area (Å²) in [5, 5.41) is 15.4. The summed E-state index contributed by atoms with van der Waals surface area (Å²) in [4.78, 5) is 4.77. The lowest BCUT2D eigenvalue weighted by Crippen LogP contribution is -2.39. The van der Waals surface area contributed by atoms with Gasteiger partial charge in [-0.1, -0.05) is 56.0 Å². The van der Waals surface area contributed by atoms with Gasteiger partial charge >= 0.3 is 0 Å². The molecule has 2 N–H and O–H groups in total. The average Bonchev–Trinajstić information content (AvgIpc) is 3.34. The van der Waals surface area contributed by atoms with Crippen molar-refractivity contribution < 1.29 is 0 Å². The summed E-state index contributed by atoms with van der Waals surface area (Å²) in [6, 6.07) is 10.7. The molecule has 0 saturated heterocycles. The predicted octanol–water partition coefficient (Wildman–Crippen LogP) is 4.51. The Bertz CT molecular complexity index is 752. The van der Waals surface area contributed by atoms with E-state index >= 15 is 0 Å². The van der Waals surface area contributed by atoms with Crippen molar-refractivity contribution in [2.24, 2.45) is 18.0 Å². The van der Waals surface area contributed by atoms with E-state index in [0.717, 1.165) is 30.1 Å². The lowest BCUT2D eigenvalue weighted by molar-refractivity contribution is 0.480. The number of aromatic nitrogens is 3. The molecule has 1 aliphatic carbocycles. The fourth-order valence-corrected chi connectivity index (χ4v) is 3.82. The number of hydrogen-bond donors (Lipinski definition) is 2. The van der Waals surface area contributed by atoms with Gasteiger partial charge in [-0.2, -0.15) is 0 Å². The van der Waals surface area contributed by atoms with Gasteiger partial charge in [0.1, 0.15) is 12.4 Å². The Morgan fingerprint density at radius 3 is 2.59 bits per heavy atom. The normalized spacial score (nSPS) is 15.8. The number of hydrogen-bond acceptors (Lipinski definition) is 3. The highest BCUT2D eigenvalue weighted by atomic mass is 127. The van der Waals surface area contributed by atoms with Crippen LogP contribution in [0.15, 0.2) is 35.3 Å². The highest BCUT2D eigenvalue weighted by Crippen LogP contribution is 2.28. The highest BCUT2D eigenvalue weighted by molar-refractivity contribution is 14.0. The molecular weight excluding hydrogens is 475 g/mol. The number of nitrogens with zero attached hydrogens (tertiary/aromatic N) is 4. The van der Waals surface area contributed by atoms with Crippen LogP contribution in [0, 0.1) is 12.8 Å². The summed E-state index contributed by atoms with van der Waals surface area (Å²) in [6.07, 6.45) is 8.16. The van der Waals surface area contributed by atoms with Crippen molar-refractivity contribution in [2.45, 2.75) is 65.0 Å². The summed E-state index contributed by atoms with van der Waals surface area (Å²) >= 11 is 0. The topological polar surface area (TPSA) is 67.1 Å². The molecule has 160 valence electrons. The molecule has 1 aromatic heterocycles. The first-order valence-electron chi connectivity index (χ1n) is 10.6. The fourth-order valence-electron chi connectivity index (χ4n) is 3.82. The number of halogens is 1. The molecule has 29 heavy (non-hydrogen) atoms. The van der Waals surface area contributed by atoms with Gasteiger partial charge in [-0.25, -0.2) is 4.99 Å². The molecule has 2 aromatic rings. The van der Waals surface area contributed by atoms with E-state index in [1.165, 1.54) is 44.1 Å². The molecule has 1 heterocycles.